The Morgan fingerprint density at radius 1 is 1.04 bits per heavy atom. The van der Waals surface area contributed by atoms with E-state index in [0.717, 1.165) is 33.6 Å². The minimum atomic E-state index is -0.0397. The average Bonchev–Trinajstić information content (AvgIpc) is 3.28. The highest BCUT2D eigenvalue weighted by atomic mass is 35.5. The average molecular weight is 401 g/mol. The first-order valence-electron chi connectivity index (χ1n) is 8.23. The van der Waals surface area contributed by atoms with Crippen molar-refractivity contribution in [1.82, 2.24) is 14.9 Å². The molecule has 1 aliphatic rings. The van der Waals surface area contributed by atoms with Crippen molar-refractivity contribution in [2.45, 2.75) is 10.5 Å². The first kappa shape index (κ1) is 17.8. The van der Waals surface area contributed by atoms with Gasteiger partial charge in [0.2, 0.25) is 5.16 Å². The summed E-state index contributed by atoms with van der Waals surface area (Å²) < 4.78 is 12.3. The first-order valence-corrected chi connectivity index (χ1v) is 9.48. The van der Waals surface area contributed by atoms with Crippen LogP contribution in [0.4, 0.5) is 0 Å². The van der Waals surface area contributed by atoms with Gasteiger partial charge in [-0.3, -0.25) is 0 Å². The SMILES string of the molecule is COc1ccc(/C(Cl)=C/C2Nn3c(nnc3-c3ccc(OC)cc3)S2)cc1. The van der Waals surface area contributed by atoms with Crippen LogP contribution in [0.2, 0.25) is 0 Å². The molecule has 0 amide bonds. The van der Waals surface area contributed by atoms with Crippen LogP contribution in [0.3, 0.4) is 0 Å². The topological polar surface area (TPSA) is 61.2 Å². The fourth-order valence-electron chi connectivity index (χ4n) is 2.71. The molecule has 1 atom stereocenters. The van der Waals surface area contributed by atoms with Gasteiger partial charge >= 0.3 is 0 Å². The number of thioether (sulfide) groups is 1. The fourth-order valence-corrected chi connectivity index (χ4v) is 3.96. The molecular weight excluding hydrogens is 384 g/mol. The van der Waals surface area contributed by atoms with E-state index < -0.39 is 0 Å². The monoisotopic (exact) mass is 400 g/mol. The fraction of sp³-hybridized carbons (Fsp3) is 0.158. The molecular formula is C19H17ClN4O2S. The van der Waals surface area contributed by atoms with Crippen LogP contribution in [0.15, 0.2) is 59.8 Å². The van der Waals surface area contributed by atoms with Crippen LogP contribution in [0, 0.1) is 0 Å². The number of hydrogen-bond donors (Lipinski definition) is 1. The highest BCUT2D eigenvalue weighted by Crippen LogP contribution is 2.34. The number of hydrogen-bond acceptors (Lipinski definition) is 6. The minimum absolute atomic E-state index is 0.0397. The molecule has 138 valence electrons. The van der Waals surface area contributed by atoms with Crippen LogP contribution in [-0.2, 0) is 0 Å². The number of aromatic nitrogens is 3. The molecule has 1 N–H and O–H groups in total. The minimum Gasteiger partial charge on any atom is -0.497 e. The summed E-state index contributed by atoms with van der Waals surface area (Å²) in [7, 11) is 3.28. The van der Waals surface area contributed by atoms with Gasteiger partial charge in [-0.15, -0.1) is 10.2 Å². The molecule has 0 bridgehead atoms. The van der Waals surface area contributed by atoms with Crippen molar-refractivity contribution in [3.8, 4) is 22.9 Å². The Bertz CT molecular complexity index is 970. The second-order valence-corrected chi connectivity index (χ2v) is 7.30. The van der Waals surface area contributed by atoms with Gasteiger partial charge in [0.05, 0.1) is 14.2 Å². The molecule has 1 unspecified atom stereocenters. The predicted octanol–water partition coefficient (Wildman–Crippen LogP) is 4.22. The summed E-state index contributed by atoms with van der Waals surface area (Å²) in [6, 6.07) is 15.3. The van der Waals surface area contributed by atoms with Crippen molar-refractivity contribution in [2.24, 2.45) is 0 Å². The standard InChI is InChI=1S/C19H17ClN4O2S/c1-25-14-7-3-12(4-8-14)16(20)11-17-23-24-18(21-22-19(24)27-17)13-5-9-15(26-2)10-6-13/h3-11,17,23H,1-2H3/b16-11-. The third-order valence-electron chi connectivity index (χ3n) is 4.13. The Balaban J connectivity index is 1.53. The third kappa shape index (κ3) is 3.61. The molecule has 0 radical (unpaired) electrons. The lowest BCUT2D eigenvalue weighted by atomic mass is 10.2. The van der Waals surface area contributed by atoms with Gasteiger partial charge in [0, 0.05) is 10.6 Å². The van der Waals surface area contributed by atoms with E-state index >= 15 is 0 Å². The number of benzene rings is 2. The van der Waals surface area contributed by atoms with Crippen molar-refractivity contribution in [3.63, 3.8) is 0 Å². The molecule has 0 saturated heterocycles. The summed E-state index contributed by atoms with van der Waals surface area (Å²) >= 11 is 8.05. The van der Waals surface area contributed by atoms with Crippen molar-refractivity contribution in [2.75, 3.05) is 19.6 Å². The quantitative estimate of drug-likeness (QED) is 0.692. The van der Waals surface area contributed by atoms with E-state index in [1.807, 2.05) is 59.3 Å². The van der Waals surface area contributed by atoms with Gasteiger partial charge in [-0.1, -0.05) is 23.4 Å². The predicted molar refractivity (Wildman–Crippen MR) is 108 cm³/mol. The first-order chi connectivity index (χ1) is 13.2. The molecule has 1 aliphatic heterocycles. The molecule has 0 fully saturated rings. The van der Waals surface area contributed by atoms with Crippen LogP contribution in [-0.4, -0.2) is 34.5 Å². The molecule has 6 nitrogen and oxygen atoms in total. The number of fused-ring (bicyclic) bond motifs is 1. The molecule has 2 heterocycles. The van der Waals surface area contributed by atoms with E-state index in [4.69, 9.17) is 21.1 Å². The highest BCUT2D eigenvalue weighted by Gasteiger charge is 2.26. The van der Waals surface area contributed by atoms with Gasteiger partial charge in [0.15, 0.2) is 5.82 Å². The van der Waals surface area contributed by atoms with Gasteiger partial charge in [0.25, 0.3) is 0 Å². The second-order valence-electron chi connectivity index (χ2n) is 5.78. The lowest BCUT2D eigenvalue weighted by Gasteiger charge is -2.10. The van der Waals surface area contributed by atoms with Crippen molar-refractivity contribution < 1.29 is 9.47 Å². The van der Waals surface area contributed by atoms with E-state index in [1.165, 1.54) is 0 Å². The van der Waals surface area contributed by atoms with E-state index in [9.17, 15) is 0 Å². The van der Waals surface area contributed by atoms with Gasteiger partial charge in [-0.05, 0) is 60.2 Å². The molecule has 4 rings (SSSR count). The maximum atomic E-state index is 6.49. The molecule has 3 aromatic rings. The number of halogens is 1. The number of nitrogens with one attached hydrogen (secondary N) is 1. The second kappa shape index (κ2) is 7.54. The summed E-state index contributed by atoms with van der Waals surface area (Å²) in [5, 5.41) is 9.95. The highest BCUT2D eigenvalue weighted by molar-refractivity contribution is 8.00. The Morgan fingerprint density at radius 2 is 1.67 bits per heavy atom. The zero-order valence-corrected chi connectivity index (χ0v) is 16.3. The maximum absolute atomic E-state index is 6.49. The van der Waals surface area contributed by atoms with E-state index in [2.05, 4.69) is 15.6 Å². The number of rotatable bonds is 5. The summed E-state index contributed by atoms with van der Waals surface area (Å²) in [5.41, 5.74) is 5.25. The van der Waals surface area contributed by atoms with E-state index in [-0.39, 0.29) is 5.37 Å². The van der Waals surface area contributed by atoms with Crippen LogP contribution in [0.5, 0.6) is 11.5 Å². The Morgan fingerprint density at radius 3 is 2.30 bits per heavy atom. The molecule has 2 aromatic carbocycles. The van der Waals surface area contributed by atoms with Crippen LogP contribution in [0.1, 0.15) is 5.56 Å². The Kier molecular flexibility index (Phi) is 4.96. The largest absolute Gasteiger partial charge is 0.497 e. The van der Waals surface area contributed by atoms with Gasteiger partial charge in [-0.25, -0.2) is 4.68 Å². The van der Waals surface area contributed by atoms with E-state index in [0.29, 0.717) is 5.03 Å². The van der Waals surface area contributed by atoms with Crippen LogP contribution in [0.25, 0.3) is 16.4 Å². The maximum Gasteiger partial charge on any atom is 0.212 e. The van der Waals surface area contributed by atoms with E-state index in [1.54, 1.807) is 26.0 Å². The Hall–Kier alpha value is -2.64. The lowest BCUT2D eigenvalue weighted by molar-refractivity contribution is 0.414. The zero-order valence-electron chi connectivity index (χ0n) is 14.7. The van der Waals surface area contributed by atoms with Gasteiger partial charge in [-0.2, -0.15) is 0 Å². The normalized spacial score (nSPS) is 16.0. The number of ether oxygens (including phenoxy) is 2. The molecule has 0 spiro atoms. The van der Waals surface area contributed by atoms with Crippen LogP contribution >= 0.6 is 23.4 Å². The smallest absolute Gasteiger partial charge is 0.212 e. The lowest BCUT2D eigenvalue weighted by Crippen LogP contribution is -2.17. The van der Waals surface area contributed by atoms with Crippen molar-refractivity contribution in [3.05, 3.63) is 60.2 Å². The summed E-state index contributed by atoms with van der Waals surface area (Å²) in [4.78, 5) is 0. The Labute approximate surface area is 166 Å². The van der Waals surface area contributed by atoms with Crippen molar-refractivity contribution in [1.29, 1.82) is 0 Å². The number of nitrogens with zero attached hydrogens (tertiary/aromatic N) is 3. The van der Waals surface area contributed by atoms with Crippen molar-refractivity contribution >= 4 is 28.4 Å². The molecule has 0 saturated carbocycles. The zero-order chi connectivity index (χ0) is 18.8. The number of methoxy groups -OCH3 is 2. The molecule has 27 heavy (non-hydrogen) atoms. The molecule has 0 aliphatic carbocycles. The summed E-state index contributed by atoms with van der Waals surface area (Å²) in [5.74, 6) is 2.35. The summed E-state index contributed by atoms with van der Waals surface area (Å²) in [6.45, 7) is 0. The van der Waals surface area contributed by atoms with Gasteiger partial charge in [0.1, 0.15) is 16.9 Å². The van der Waals surface area contributed by atoms with Crippen LogP contribution < -0.4 is 14.9 Å². The molecule has 8 heteroatoms. The third-order valence-corrected chi connectivity index (χ3v) is 5.45. The van der Waals surface area contributed by atoms with Gasteiger partial charge < -0.3 is 14.9 Å². The summed E-state index contributed by atoms with van der Waals surface area (Å²) in [6.07, 6.45) is 1.96. The molecule has 1 aromatic heterocycles.